The molecule has 0 aromatic carbocycles. The Morgan fingerprint density at radius 3 is 1.58 bits per heavy atom. The lowest BCUT2D eigenvalue weighted by molar-refractivity contribution is 0.102. The Morgan fingerprint density at radius 1 is 1.00 bits per heavy atom. The second-order valence-corrected chi connectivity index (χ2v) is 2.25. The highest BCUT2D eigenvalue weighted by atomic mass is 16.7. The number of hydrogen-bond acceptors (Lipinski definition) is 3. The van der Waals surface area contributed by atoms with Crippen molar-refractivity contribution in [3.05, 3.63) is 23.7 Å². The first-order chi connectivity index (χ1) is 5.60. The third kappa shape index (κ3) is 4.55. The highest BCUT2D eigenvalue weighted by Crippen LogP contribution is 2.02. The fourth-order valence-corrected chi connectivity index (χ4v) is 0.402. The number of hydrogen-bond donors (Lipinski definition) is 0. The van der Waals surface area contributed by atoms with Crippen LogP contribution < -0.4 is 0 Å². The van der Waals surface area contributed by atoms with Crippen LogP contribution in [0.25, 0.3) is 0 Å². The highest BCUT2D eigenvalue weighted by Gasteiger charge is 2.04. The predicted molar refractivity (Wildman–Crippen MR) is 46.4 cm³/mol. The zero-order valence-corrected chi connectivity index (χ0v) is 7.88. The van der Waals surface area contributed by atoms with Crippen LogP contribution in [0, 0.1) is 0 Å². The quantitative estimate of drug-likeness (QED) is 0.472. The summed E-state index contributed by atoms with van der Waals surface area (Å²) in [4.78, 5) is 10.9. The summed E-state index contributed by atoms with van der Waals surface area (Å²) >= 11 is 0. The second-order valence-electron chi connectivity index (χ2n) is 2.25. The van der Waals surface area contributed by atoms with Crippen LogP contribution in [0.1, 0.15) is 27.7 Å². The van der Waals surface area contributed by atoms with Gasteiger partial charge in [-0.3, -0.25) is 0 Å². The van der Waals surface area contributed by atoms with Crippen molar-refractivity contribution in [3.63, 3.8) is 0 Å². The average Bonchev–Trinajstić information content (AvgIpc) is 2.03. The largest absolute Gasteiger partial charge is 0.518 e. The van der Waals surface area contributed by atoms with E-state index in [0.29, 0.717) is 11.5 Å². The topological polar surface area (TPSA) is 35.5 Å². The standard InChI is InChI=1S/C9H14O3/c1-5-7(3)11-9(10)12-8(4)6-2/h5-6H,1-4H3/b7-5-,8-6-. The summed E-state index contributed by atoms with van der Waals surface area (Å²) in [6.45, 7) is 6.94. The van der Waals surface area contributed by atoms with Crippen LogP contribution in [0.2, 0.25) is 0 Å². The minimum absolute atomic E-state index is 0.531. The molecule has 0 aliphatic carbocycles. The Hall–Kier alpha value is -1.25. The maximum atomic E-state index is 10.9. The van der Waals surface area contributed by atoms with Crippen LogP contribution >= 0.6 is 0 Å². The Balaban J connectivity index is 3.91. The number of ether oxygens (including phenoxy) is 2. The minimum Gasteiger partial charge on any atom is -0.400 e. The molecule has 0 amide bonds. The average molecular weight is 170 g/mol. The Bertz CT molecular complexity index is 192. The molecule has 12 heavy (non-hydrogen) atoms. The van der Waals surface area contributed by atoms with Crippen LogP contribution in [0.15, 0.2) is 23.7 Å². The van der Waals surface area contributed by atoms with E-state index in [1.165, 1.54) is 0 Å². The van der Waals surface area contributed by atoms with Gasteiger partial charge in [-0.1, -0.05) is 0 Å². The molecule has 0 aliphatic rings. The molecule has 0 atom stereocenters. The van der Waals surface area contributed by atoms with E-state index in [1.54, 1.807) is 39.8 Å². The third-order valence-corrected chi connectivity index (χ3v) is 1.30. The lowest BCUT2D eigenvalue weighted by Gasteiger charge is -2.04. The first kappa shape index (κ1) is 10.8. The summed E-state index contributed by atoms with van der Waals surface area (Å²) in [7, 11) is 0. The molecule has 0 aromatic rings. The second kappa shape index (κ2) is 5.41. The summed E-state index contributed by atoms with van der Waals surface area (Å²) in [6, 6.07) is 0. The van der Waals surface area contributed by atoms with Crippen LogP contribution in [0.4, 0.5) is 4.79 Å². The number of allylic oxidation sites excluding steroid dienone is 4. The number of carbonyl (C=O) groups is 1. The molecule has 0 saturated heterocycles. The summed E-state index contributed by atoms with van der Waals surface area (Å²) < 4.78 is 9.46. The SMILES string of the molecule is C/C=C(/C)OC(=O)O/C(C)=C\C. The normalized spacial score (nSPS) is 12.7. The van der Waals surface area contributed by atoms with E-state index in [2.05, 4.69) is 0 Å². The molecular formula is C9H14O3. The zero-order valence-electron chi connectivity index (χ0n) is 7.88. The van der Waals surface area contributed by atoms with E-state index in [0.717, 1.165) is 0 Å². The van der Waals surface area contributed by atoms with Gasteiger partial charge in [-0.2, -0.15) is 0 Å². The Kier molecular flexibility index (Phi) is 4.84. The molecule has 0 aromatic heterocycles. The molecule has 3 nitrogen and oxygen atoms in total. The molecule has 3 heteroatoms. The summed E-state index contributed by atoms with van der Waals surface area (Å²) in [5, 5.41) is 0. The summed E-state index contributed by atoms with van der Waals surface area (Å²) in [5.74, 6) is 1.06. The van der Waals surface area contributed by atoms with E-state index in [4.69, 9.17) is 9.47 Å². The van der Waals surface area contributed by atoms with Gasteiger partial charge in [-0.05, 0) is 39.8 Å². The Morgan fingerprint density at radius 2 is 1.33 bits per heavy atom. The zero-order chi connectivity index (χ0) is 9.56. The van der Waals surface area contributed by atoms with E-state index >= 15 is 0 Å². The van der Waals surface area contributed by atoms with Crippen molar-refractivity contribution in [3.8, 4) is 0 Å². The summed E-state index contributed by atoms with van der Waals surface area (Å²) in [5.41, 5.74) is 0. The molecule has 0 unspecified atom stereocenters. The Labute approximate surface area is 72.7 Å². The van der Waals surface area contributed by atoms with Gasteiger partial charge in [0.25, 0.3) is 0 Å². The van der Waals surface area contributed by atoms with Gasteiger partial charge >= 0.3 is 6.16 Å². The van der Waals surface area contributed by atoms with Crippen LogP contribution in [-0.2, 0) is 9.47 Å². The smallest absolute Gasteiger partial charge is 0.400 e. The highest BCUT2D eigenvalue weighted by molar-refractivity contribution is 5.62. The van der Waals surface area contributed by atoms with Gasteiger partial charge in [0.1, 0.15) is 11.5 Å². The lowest BCUT2D eigenvalue weighted by atomic mass is 10.5. The van der Waals surface area contributed by atoms with E-state index in [1.807, 2.05) is 0 Å². The van der Waals surface area contributed by atoms with E-state index < -0.39 is 6.16 Å². The molecule has 0 rings (SSSR count). The molecule has 0 aliphatic heterocycles. The molecule has 0 N–H and O–H groups in total. The molecule has 0 heterocycles. The van der Waals surface area contributed by atoms with Crippen molar-refractivity contribution >= 4 is 6.16 Å². The van der Waals surface area contributed by atoms with Gasteiger partial charge in [-0.25, -0.2) is 4.79 Å². The van der Waals surface area contributed by atoms with Gasteiger partial charge in [0, 0.05) is 0 Å². The molecule has 0 radical (unpaired) electrons. The minimum atomic E-state index is -0.693. The van der Waals surface area contributed by atoms with Gasteiger partial charge in [0.2, 0.25) is 0 Å². The fourth-order valence-electron chi connectivity index (χ4n) is 0.402. The van der Waals surface area contributed by atoms with Crippen LogP contribution in [-0.4, -0.2) is 6.16 Å². The van der Waals surface area contributed by atoms with Gasteiger partial charge in [0.05, 0.1) is 0 Å². The molecule has 0 saturated carbocycles. The first-order valence-corrected chi connectivity index (χ1v) is 3.75. The third-order valence-electron chi connectivity index (χ3n) is 1.30. The van der Waals surface area contributed by atoms with Gasteiger partial charge in [0.15, 0.2) is 0 Å². The maximum Gasteiger partial charge on any atom is 0.518 e. The lowest BCUT2D eigenvalue weighted by Crippen LogP contribution is -2.04. The molecular weight excluding hydrogens is 156 g/mol. The molecule has 0 bridgehead atoms. The van der Waals surface area contributed by atoms with Crippen LogP contribution in [0.3, 0.4) is 0 Å². The molecule has 68 valence electrons. The van der Waals surface area contributed by atoms with Crippen molar-refractivity contribution in [2.24, 2.45) is 0 Å². The van der Waals surface area contributed by atoms with Crippen molar-refractivity contribution in [2.45, 2.75) is 27.7 Å². The molecule has 0 fully saturated rings. The number of rotatable bonds is 2. The van der Waals surface area contributed by atoms with Crippen molar-refractivity contribution in [2.75, 3.05) is 0 Å². The number of carbonyl (C=O) groups excluding carboxylic acids is 1. The first-order valence-electron chi connectivity index (χ1n) is 3.75. The van der Waals surface area contributed by atoms with Crippen molar-refractivity contribution < 1.29 is 14.3 Å². The summed E-state index contributed by atoms with van der Waals surface area (Å²) in [6.07, 6.45) is 2.68. The van der Waals surface area contributed by atoms with Gasteiger partial charge < -0.3 is 9.47 Å². The van der Waals surface area contributed by atoms with E-state index in [-0.39, 0.29) is 0 Å². The van der Waals surface area contributed by atoms with Crippen molar-refractivity contribution in [1.29, 1.82) is 0 Å². The van der Waals surface area contributed by atoms with Crippen molar-refractivity contribution in [1.82, 2.24) is 0 Å². The monoisotopic (exact) mass is 170 g/mol. The predicted octanol–water partition coefficient (Wildman–Crippen LogP) is 2.99. The van der Waals surface area contributed by atoms with Gasteiger partial charge in [-0.15, -0.1) is 0 Å². The van der Waals surface area contributed by atoms with Crippen LogP contribution in [0.5, 0.6) is 0 Å². The maximum absolute atomic E-state index is 10.9. The molecule has 0 spiro atoms. The van der Waals surface area contributed by atoms with E-state index in [9.17, 15) is 4.79 Å². The fraction of sp³-hybridized carbons (Fsp3) is 0.444.